The van der Waals surface area contributed by atoms with Gasteiger partial charge in [0.25, 0.3) is 0 Å². The molecule has 1 saturated heterocycles. The molecule has 2 aromatic rings. The molecule has 1 atom stereocenters. The van der Waals surface area contributed by atoms with Crippen molar-refractivity contribution in [1.29, 1.82) is 0 Å². The van der Waals surface area contributed by atoms with E-state index in [1.807, 2.05) is 6.92 Å². The maximum atomic E-state index is 13.4. The highest BCUT2D eigenvalue weighted by Gasteiger charge is 2.22. The predicted molar refractivity (Wildman–Crippen MR) is 92.1 cm³/mol. The van der Waals surface area contributed by atoms with Crippen LogP contribution in [0, 0.1) is 5.82 Å². The van der Waals surface area contributed by atoms with Crippen molar-refractivity contribution in [2.75, 3.05) is 13.1 Å². The van der Waals surface area contributed by atoms with E-state index in [9.17, 15) is 9.18 Å². The van der Waals surface area contributed by atoms with E-state index >= 15 is 0 Å². The number of aromatic nitrogens is 2. The third-order valence-electron chi connectivity index (χ3n) is 4.66. The van der Waals surface area contributed by atoms with Gasteiger partial charge in [-0.25, -0.2) is 9.37 Å². The number of nitrogens with zero attached hydrogens (tertiary/aromatic N) is 3. The van der Waals surface area contributed by atoms with E-state index in [2.05, 4.69) is 26.7 Å². The number of halogens is 1. The Labute approximate surface area is 141 Å². The van der Waals surface area contributed by atoms with Crippen molar-refractivity contribution < 1.29 is 9.18 Å². The molecule has 1 fully saturated rings. The van der Waals surface area contributed by atoms with Crippen LogP contribution in [0.2, 0.25) is 0 Å². The minimum Gasteiger partial charge on any atom is -0.352 e. The molecule has 0 aliphatic carbocycles. The number of piperidine rings is 1. The highest BCUT2D eigenvalue weighted by Crippen LogP contribution is 2.20. The molecule has 1 aromatic heterocycles. The molecule has 1 amide bonds. The summed E-state index contributed by atoms with van der Waals surface area (Å²) in [5.41, 5.74) is 1.68. The summed E-state index contributed by atoms with van der Waals surface area (Å²) in [6.07, 6.45) is 2.61. The zero-order valence-corrected chi connectivity index (χ0v) is 14.4. The molecule has 0 spiro atoms. The summed E-state index contributed by atoms with van der Waals surface area (Å²) in [5.74, 6) is 0.814. The van der Waals surface area contributed by atoms with Crippen molar-refractivity contribution in [3.05, 3.63) is 29.8 Å². The smallest absolute Gasteiger partial charge is 0.219 e. The van der Waals surface area contributed by atoms with Gasteiger partial charge in [-0.05, 0) is 38.4 Å². The number of fused-ring (bicyclic) bond motifs is 1. The van der Waals surface area contributed by atoms with Gasteiger partial charge in [0.2, 0.25) is 5.91 Å². The number of carbonyl (C=O) groups is 1. The molecule has 1 aliphatic rings. The zero-order chi connectivity index (χ0) is 17.1. The van der Waals surface area contributed by atoms with Gasteiger partial charge in [0, 0.05) is 31.6 Å². The maximum absolute atomic E-state index is 13.4. The fourth-order valence-corrected chi connectivity index (χ4v) is 3.47. The number of likely N-dealkylation sites (tertiary alicyclic amines) is 1. The van der Waals surface area contributed by atoms with E-state index in [0.717, 1.165) is 50.4 Å². The molecule has 2 heterocycles. The van der Waals surface area contributed by atoms with Gasteiger partial charge in [0.05, 0.1) is 17.6 Å². The lowest BCUT2D eigenvalue weighted by Crippen LogP contribution is -2.47. The summed E-state index contributed by atoms with van der Waals surface area (Å²) >= 11 is 0. The highest BCUT2D eigenvalue weighted by atomic mass is 19.1. The van der Waals surface area contributed by atoms with E-state index in [-0.39, 0.29) is 17.8 Å². The quantitative estimate of drug-likeness (QED) is 0.916. The average Bonchev–Trinajstić information content (AvgIpc) is 2.90. The number of rotatable bonds is 5. The Kier molecular flexibility index (Phi) is 5.14. The normalized spacial score (nSPS) is 18.9. The molecule has 0 unspecified atom stereocenters. The Bertz CT molecular complexity index is 727. The van der Waals surface area contributed by atoms with E-state index < -0.39 is 0 Å². The lowest BCUT2D eigenvalue weighted by atomic mass is 10.1. The van der Waals surface area contributed by atoms with Gasteiger partial charge in [-0.3, -0.25) is 9.69 Å². The number of hydrogen-bond donors (Lipinski definition) is 1. The van der Waals surface area contributed by atoms with Crippen molar-refractivity contribution in [2.24, 2.45) is 0 Å². The van der Waals surface area contributed by atoms with Crippen LogP contribution in [-0.2, 0) is 17.9 Å². The van der Waals surface area contributed by atoms with Crippen LogP contribution >= 0.6 is 0 Å². The van der Waals surface area contributed by atoms with E-state index in [1.165, 1.54) is 12.1 Å². The van der Waals surface area contributed by atoms with Crippen LogP contribution in [0.3, 0.4) is 0 Å². The Morgan fingerprint density at radius 3 is 3.00 bits per heavy atom. The lowest BCUT2D eigenvalue weighted by molar-refractivity contribution is -0.121. The number of aryl methyl sites for hydroxylation is 1. The number of amides is 1. The second-order valence-electron chi connectivity index (χ2n) is 6.40. The standard InChI is InChI=1S/C18H25FN4O/c1-3-18(24)20-14-6-5-9-22(11-14)12-17-21-15-10-13(19)7-8-16(15)23(17)4-2/h7-8,10,14H,3-6,9,11-12H2,1-2H3,(H,20,24)/t14-/m0/s1. The van der Waals surface area contributed by atoms with E-state index in [0.29, 0.717) is 11.9 Å². The molecular weight excluding hydrogens is 307 g/mol. The number of imidazole rings is 1. The fourth-order valence-electron chi connectivity index (χ4n) is 3.47. The van der Waals surface area contributed by atoms with Gasteiger partial charge in [-0.15, -0.1) is 0 Å². The molecule has 0 saturated carbocycles. The first-order valence-corrected chi connectivity index (χ1v) is 8.77. The fraction of sp³-hybridized carbons (Fsp3) is 0.556. The average molecular weight is 332 g/mol. The van der Waals surface area contributed by atoms with Crippen molar-refractivity contribution in [3.8, 4) is 0 Å². The minimum absolute atomic E-state index is 0.109. The Hall–Kier alpha value is -1.95. The van der Waals surface area contributed by atoms with Crippen molar-refractivity contribution in [3.63, 3.8) is 0 Å². The number of nitrogens with one attached hydrogen (secondary N) is 1. The first-order valence-electron chi connectivity index (χ1n) is 8.77. The predicted octanol–water partition coefficient (Wildman–Crippen LogP) is 2.69. The Balaban J connectivity index is 1.75. The summed E-state index contributed by atoms with van der Waals surface area (Å²) in [7, 11) is 0. The number of benzene rings is 1. The van der Waals surface area contributed by atoms with Crippen molar-refractivity contribution >= 4 is 16.9 Å². The summed E-state index contributed by atoms with van der Waals surface area (Å²) in [6, 6.07) is 4.98. The van der Waals surface area contributed by atoms with Crippen molar-refractivity contribution in [2.45, 2.75) is 52.2 Å². The second kappa shape index (κ2) is 7.30. The van der Waals surface area contributed by atoms with Gasteiger partial charge < -0.3 is 9.88 Å². The molecule has 1 N–H and O–H groups in total. The molecule has 1 aromatic carbocycles. The van der Waals surface area contributed by atoms with Crippen LogP contribution in [-0.4, -0.2) is 39.5 Å². The maximum Gasteiger partial charge on any atom is 0.219 e. The summed E-state index contributed by atoms with van der Waals surface area (Å²) in [4.78, 5) is 18.6. The SMILES string of the molecule is CCC(=O)N[C@H]1CCCN(Cc2nc3cc(F)ccc3n2CC)C1. The third-order valence-corrected chi connectivity index (χ3v) is 4.66. The summed E-state index contributed by atoms with van der Waals surface area (Å²) in [6.45, 7) is 7.32. The topological polar surface area (TPSA) is 50.2 Å². The van der Waals surface area contributed by atoms with E-state index in [4.69, 9.17) is 0 Å². The van der Waals surface area contributed by atoms with Gasteiger partial charge in [0.1, 0.15) is 11.6 Å². The lowest BCUT2D eigenvalue weighted by Gasteiger charge is -2.32. The van der Waals surface area contributed by atoms with Gasteiger partial charge >= 0.3 is 0 Å². The summed E-state index contributed by atoms with van der Waals surface area (Å²) < 4.78 is 15.6. The largest absolute Gasteiger partial charge is 0.352 e. The zero-order valence-electron chi connectivity index (χ0n) is 14.4. The van der Waals surface area contributed by atoms with Crippen LogP contribution in [0.15, 0.2) is 18.2 Å². The Morgan fingerprint density at radius 1 is 1.42 bits per heavy atom. The first-order chi connectivity index (χ1) is 11.6. The molecule has 5 nitrogen and oxygen atoms in total. The second-order valence-corrected chi connectivity index (χ2v) is 6.40. The highest BCUT2D eigenvalue weighted by molar-refractivity contribution is 5.76. The van der Waals surface area contributed by atoms with Crippen LogP contribution in [0.25, 0.3) is 11.0 Å². The van der Waals surface area contributed by atoms with Gasteiger partial charge in [-0.1, -0.05) is 6.92 Å². The van der Waals surface area contributed by atoms with Crippen LogP contribution < -0.4 is 5.32 Å². The van der Waals surface area contributed by atoms with Crippen molar-refractivity contribution in [1.82, 2.24) is 19.8 Å². The monoisotopic (exact) mass is 332 g/mol. The molecule has 3 rings (SSSR count). The molecule has 0 bridgehead atoms. The number of hydrogen-bond acceptors (Lipinski definition) is 3. The van der Waals surface area contributed by atoms with Gasteiger partial charge in [-0.2, -0.15) is 0 Å². The van der Waals surface area contributed by atoms with Crippen LogP contribution in [0.1, 0.15) is 38.9 Å². The van der Waals surface area contributed by atoms with Gasteiger partial charge in [0.15, 0.2) is 0 Å². The molecule has 0 radical (unpaired) electrons. The van der Waals surface area contributed by atoms with Crippen LogP contribution in [0.5, 0.6) is 0 Å². The Morgan fingerprint density at radius 2 is 2.25 bits per heavy atom. The van der Waals surface area contributed by atoms with E-state index in [1.54, 1.807) is 6.07 Å². The summed E-state index contributed by atoms with van der Waals surface area (Å²) in [5, 5.41) is 3.09. The first kappa shape index (κ1) is 16.9. The molecule has 130 valence electrons. The minimum atomic E-state index is -0.255. The van der Waals surface area contributed by atoms with Crippen LogP contribution in [0.4, 0.5) is 4.39 Å². The molecule has 24 heavy (non-hydrogen) atoms. The molecule has 1 aliphatic heterocycles. The molecular formula is C18H25FN4O. The third kappa shape index (κ3) is 3.59. The molecule has 6 heteroatoms. The number of carbonyl (C=O) groups excluding carboxylic acids is 1.